The number of rotatable bonds is 5. The molecule has 2 aromatic rings. The van der Waals surface area contributed by atoms with E-state index in [1.807, 2.05) is 6.07 Å². The third-order valence-electron chi connectivity index (χ3n) is 5.31. The minimum absolute atomic E-state index is 0.217. The summed E-state index contributed by atoms with van der Waals surface area (Å²) >= 11 is 5.86. The van der Waals surface area contributed by atoms with Gasteiger partial charge in [-0.15, -0.1) is 0 Å². The van der Waals surface area contributed by atoms with Crippen LogP contribution in [0.4, 0.5) is 18.9 Å². The van der Waals surface area contributed by atoms with E-state index in [1.165, 1.54) is 0 Å². The highest BCUT2D eigenvalue weighted by Gasteiger charge is 2.46. The Morgan fingerprint density at radius 2 is 1.67 bits per heavy atom. The number of nitrogens with zero attached hydrogens (tertiary/aromatic N) is 2. The van der Waals surface area contributed by atoms with E-state index in [0.717, 1.165) is 32.4 Å². The molecule has 0 saturated carbocycles. The second-order valence-electron chi connectivity index (χ2n) is 7.32. The van der Waals surface area contributed by atoms with Crippen LogP contribution in [0.25, 0.3) is 0 Å². The van der Waals surface area contributed by atoms with Gasteiger partial charge in [0.25, 0.3) is 5.78 Å². The fraction of sp³-hybridized carbons (Fsp3) is 0.167. The number of nitriles is 1. The lowest BCUT2D eigenvalue weighted by Gasteiger charge is -2.36. The number of hydrogen-bond acceptors (Lipinski definition) is 8. The first-order chi connectivity index (χ1) is 17.0. The van der Waals surface area contributed by atoms with Crippen LogP contribution in [0.5, 0.6) is 0 Å². The zero-order chi connectivity index (χ0) is 26.8. The van der Waals surface area contributed by atoms with Gasteiger partial charge in [0, 0.05) is 5.02 Å². The molecule has 1 aliphatic rings. The molecule has 0 aliphatic carbocycles. The number of alkyl halides is 3. The molecule has 1 heterocycles. The van der Waals surface area contributed by atoms with Gasteiger partial charge in [0.15, 0.2) is 0 Å². The summed E-state index contributed by atoms with van der Waals surface area (Å²) in [6, 6.07) is 12.8. The van der Waals surface area contributed by atoms with Crippen LogP contribution < -0.4 is 10.6 Å². The van der Waals surface area contributed by atoms with Crippen LogP contribution in [0.3, 0.4) is 0 Å². The fourth-order valence-corrected chi connectivity index (χ4v) is 3.97. The van der Waals surface area contributed by atoms with E-state index >= 15 is 0 Å². The van der Waals surface area contributed by atoms with Crippen molar-refractivity contribution in [3.05, 3.63) is 87.3 Å². The van der Waals surface area contributed by atoms with Gasteiger partial charge in [-0.25, -0.2) is 9.59 Å². The average molecular weight is 520 g/mol. The maximum atomic E-state index is 13.4. The molecule has 8 nitrogen and oxygen atoms in total. The van der Waals surface area contributed by atoms with E-state index in [9.17, 15) is 32.8 Å². The van der Waals surface area contributed by atoms with Gasteiger partial charge >= 0.3 is 18.1 Å². The second kappa shape index (κ2) is 10.1. The third-order valence-corrected chi connectivity index (χ3v) is 5.55. The average Bonchev–Trinajstić information content (AvgIpc) is 2.86. The summed E-state index contributed by atoms with van der Waals surface area (Å²) < 4.78 is 50.0. The molecule has 0 aromatic heterocycles. The van der Waals surface area contributed by atoms with Gasteiger partial charge in [-0.3, -0.25) is 9.69 Å². The van der Waals surface area contributed by atoms with Crippen LogP contribution in [0, 0.1) is 11.3 Å². The molecule has 0 bridgehead atoms. The number of benzene rings is 2. The Morgan fingerprint density at radius 1 is 1.06 bits per heavy atom. The van der Waals surface area contributed by atoms with Gasteiger partial charge in [0.2, 0.25) is 0 Å². The van der Waals surface area contributed by atoms with Crippen LogP contribution in [0.2, 0.25) is 5.02 Å². The number of Topliss-reactive ketones (excluding diaryl/α,β-unsaturated/α-hetero) is 1. The first kappa shape index (κ1) is 26.3. The highest BCUT2D eigenvalue weighted by molar-refractivity contribution is 6.31. The number of hydrogen-bond donors (Lipinski definition) is 1. The molecule has 0 fully saturated rings. The maximum Gasteiger partial charge on any atom is 0.454 e. The Morgan fingerprint density at radius 3 is 2.19 bits per heavy atom. The molecule has 36 heavy (non-hydrogen) atoms. The summed E-state index contributed by atoms with van der Waals surface area (Å²) in [7, 11) is 1.99. The Bertz CT molecular complexity index is 1350. The molecule has 3 rings (SSSR count). The molecule has 1 atom stereocenters. The van der Waals surface area contributed by atoms with Crippen LogP contribution in [-0.2, 0) is 19.1 Å². The fourth-order valence-electron chi connectivity index (χ4n) is 3.80. The van der Waals surface area contributed by atoms with E-state index in [2.05, 4.69) is 0 Å². The molecule has 0 radical (unpaired) electrons. The van der Waals surface area contributed by atoms with Crippen molar-refractivity contribution < 1.29 is 37.0 Å². The lowest BCUT2D eigenvalue weighted by Crippen LogP contribution is -2.41. The van der Waals surface area contributed by atoms with Crippen molar-refractivity contribution in [3.8, 4) is 6.07 Å². The van der Waals surface area contributed by atoms with Crippen molar-refractivity contribution in [3.63, 3.8) is 0 Å². The van der Waals surface area contributed by atoms with Crippen LogP contribution in [-0.4, -0.2) is 38.1 Å². The van der Waals surface area contributed by atoms with Gasteiger partial charge in [-0.2, -0.15) is 18.4 Å². The van der Waals surface area contributed by atoms with Gasteiger partial charge < -0.3 is 15.2 Å². The Hall–Kier alpha value is -4.30. The normalized spacial score (nSPS) is 15.9. The number of carbonyl (C=O) groups excluding carboxylic acids is 3. The summed E-state index contributed by atoms with van der Waals surface area (Å²) in [5, 5.41) is 9.77. The molecule has 2 N–H and O–H groups in total. The van der Waals surface area contributed by atoms with E-state index in [4.69, 9.17) is 26.8 Å². The highest BCUT2D eigenvalue weighted by atomic mass is 35.5. The van der Waals surface area contributed by atoms with Crippen molar-refractivity contribution in [2.24, 2.45) is 5.73 Å². The SMILES string of the molecule is COC(=O)C1=C(C(=O)OC)N(c2ccc(Cl)cc2C(=O)C(F)(F)F)C(N)=C(C#N)C1c1ccccc1. The predicted molar refractivity (Wildman–Crippen MR) is 121 cm³/mol. The molecular weight excluding hydrogens is 503 g/mol. The topological polar surface area (TPSA) is 123 Å². The number of allylic oxidation sites excluding steroid dienone is 1. The molecule has 12 heteroatoms. The number of carbonyl (C=O) groups is 3. The first-order valence-corrected chi connectivity index (χ1v) is 10.4. The number of anilines is 1. The first-order valence-electron chi connectivity index (χ1n) is 10.0. The summed E-state index contributed by atoms with van der Waals surface area (Å²) in [6.45, 7) is 0. The van der Waals surface area contributed by atoms with E-state index < -0.39 is 58.2 Å². The van der Waals surface area contributed by atoms with E-state index in [-0.39, 0.29) is 10.6 Å². The molecule has 0 spiro atoms. The number of esters is 2. The Labute approximate surface area is 207 Å². The van der Waals surface area contributed by atoms with Crippen molar-refractivity contribution in [2.45, 2.75) is 12.1 Å². The van der Waals surface area contributed by atoms with E-state index in [1.54, 1.807) is 30.3 Å². The monoisotopic (exact) mass is 519 g/mol. The molecule has 1 aliphatic heterocycles. The van der Waals surface area contributed by atoms with Gasteiger partial charge in [-0.1, -0.05) is 41.9 Å². The van der Waals surface area contributed by atoms with Crippen molar-refractivity contribution >= 4 is 35.0 Å². The third kappa shape index (κ3) is 4.63. The Balaban J connectivity index is 2.48. The van der Waals surface area contributed by atoms with Gasteiger partial charge in [0.05, 0.1) is 48.6 Å². The van der Waals surface area contributed by atoms with Crippen LogP contribution in [0.15, 0.2) is 71.2 Å². The number of ether oxygens (including phenoxy) is 2. The molecule has 0 saturated heterocycles. The summed E-state index contributed by atoms with van der Waals surface area (Å²) in [5.41, 5.74) is 3.75. The van der Waals surface area contributed by atoms with Crippen molar-refractivity contribution in [2.75, 3.05) is 19.1 Å². The number of halogens is 4. The lowest BCUT2D eigenvalue weighted by atomic mass is 9.80. The summed E-state index contributed by atoms with van der Waals surface area (Å²) in [4.78, 5) is 39.0. The highest BCUT2D eigenvalue weighted by Crippen LogP contribution is 2.44. The molecular formula is C24H17ClF3N3O5. The lowest BCUT2D eigenvalue weighted by molar-refractivity contribution is -0.139. The van der Waals surface area contributed by atoms with Gasteiger partial charge in [0.1, 0.15) is 11.5 Å². The van der Waals surface area contributed by atoms with Crippen LogP contribution >= 0.6 is 11.6 Å². The minimum atomic E-state index is -5.32. The number of nitrogens with two attached hydrogens (primary N) is 1. The van der Waals surface area contributed by atoms with E-state index in [0.29, 0.717) is 10.5 Å². The summed E-state index contributed by atoms with van der Waals surface area (Å²) in [5.74, 6) is -6.29. The molecule has 1 unspecified atom stereocenters. The van der Waals surface area contributed by atoms with Crippen molar-refractivity contribution in [1.29, 1.82) is 5.26 Å². The standard InChI is InChI=1S/C24H17ClF3N3O5/c1-35-22(33)18-17(12-6-4-3-5-7-12)15(11-29)21(30)31(19(18)23(34)36-2)16-9-8-13(25)10-14(16)20(32)24(26,27)28/h3-10,17H,30H2,1-2H3. The van der Waals surface area contributed by atoms with Crippen molar-refractivity contribution in [1.82, 2.24) is 0 Å². The smallest absolute Gasteiger partial charge is 0.454 e. The zero-order valence-electron chi connectivity index (χ0n) is 18.7. The zero-order valence-corrected chi connectivity index (χ0v) is 19.5. The number of methoxy groups -OCH3 is 2. The van der Waals surface area contributed by atoms with Gasteiger partial charge in [-0.05, 0) is 23.8 Å². The second-order valence-corrected chi connectivity index (χ2v) is 7.76. The maximum absolute atomic E-state index is 13.4. The quantitative estimate of drug-likeness (QED) is 0.465. The summed E-state index contributed by atoms with van der Waals surface area (Å²) in [6.07, 6.45) is -5.32. The minimum Gasteiger partial charge on any atom is -0.466 e. The number of ketones is 1. The molecule has 0 amide bonds. The largest absolute Gasteiger partial charge is 0.466 e. The predicted octanol–water partition coefficient (Wildman–Crippen LogP) is 3.98. The molecule has 186 valence electrons. The molecule has 2 aromatic carbocycles. The Kier molecular flexibility index (Phi) is 7.40. The van der Waals surface area contributed by atoms with Crippen LogP contribution in [0.1, 0.15) is 21.8 Å².